The Labute approximate surface area is 197 Å². The lowest BCUT2D eigenvalue weighted by Gasteiger charge is -2.27. The van der Waals surface area contributed by atoms with Gasteiger partial charge in [0, 0.05) is 11.5 Å². The highest BCUT2D eigenvalue weighted by Gasteiger charge is 2.47. The number of hydrogen-bond donors (Lipinski definition) is 0. The van der Waals surface area contributed by atoms with Gasteiger partial charge in [-0.1, -0.05) is 19.9 Å². The number of alkyl halides is 3. The third kappa shape index (κ3) is 3.72. The first-order chi connectivity index (χ1) is 16.4. The number of hydrogen-bond acceptors (Lipinski definition) is 2. The Morgan fingerprint density at radius 2 is 1.69 bits per heavy atom. The molecule has 0 saturated carbocycles. The van der Waals surface area contributed by atoms with Crippen LogP contribution in [0.3, 0.4) is 0 Å². The van der Waals surface area contributed by atoms with E-state index in [2.05, 4.69) is 4.98 Å². The van der Waals surface area contributed by atoms with Crippen LogP contribution < -0.4 is 4.57 Å². The van der Waals surface area contributed by atoms with Crippen molar-refractivity contribution in [3.8, 4) is 11.3 Å². The molecule has 5 aromatic rings. The summed E-state index contributed by atoms with van der Waals surface area (Å²) in [5, 5.41) is 1.37. The van der Waals surface area contributed by atoms with Crippen molar-refractivity contribution in [2.45, 2.75) is 33.4 Å². The first-order valence-corrected chi connectivity index (χ1v) is 11.0. The molecule has 3 nitrogen and oxygen atoms in total. The molecule has 0 aliphatic carbocycles. The molecule has 3 aromatic carbocycles. The van der Waals surface area contributed by atoms with E-state index in [0.29, 0.717) is 38.7 Å². The highest BCUT2D eigenvalue weighted by molar-refractivity contribution is 6.11. The smallest absolute Gasteiger partial charge is 0.394 e. The van der Waals surface area contributed by atoms with Crippen LogP contribution in [0.5, 0.6) is 0 Å². The van der Waals surface area contributed by atoms with Crippen LogP contribution in [0.25, 0.3) is 44.1 Å². The predicted molar refractivity (Wildman–Crippen MR) is 124 cm³/mol. The van der Waals surface area contributed by atoms with Crippen molar-refractivity contribution in [3.63, 3.8) is 0 Å². The Hall–Kier alpha value is -3.55. The minimum absolute atomic E-state index is 0.195. The number of fused-ring (bicyclic) bond motifs is 4. The molecule has 0 atom stereocenters. The summed E-state index contributed by atoms with van der Waals surface area (Å²) in [6, 6.07) is 10.4. The maximum Gasteiger partial charge on any atom is 0.394 e. The molecule has 0 N–H and O–H groups in total. The lowest BCUT2D eigenvalue weighted by molar-refractivity contribution is -0.662. The summed E-state index contributed by atoms with van der Waals surface area (Å²) in [5.74, 6) is -0.978. The summed E-state index contributed by atoms with van der Waals surface area (Å²) in [6.07, 6.45) is -2.98. The Kier molecular flexibility index (Phi) is 5.12. The molecule has 0 unspecified atom stereocenters. The second-order valence-electron chi connectivity index (χ2n) is 9.61. The van der Waals surface area contributed by atoms with E-state index in [9.17, 15) is 17.6 Å². The van der Waals surface area contributed by atoms with Crippen molar-refractivity contribution in [3.05, 3.63) is 71.6 Å². The zero-order chi connectivity index (χ0) is 25.3. The predicted octanol–water partition coefficient (Wildman–Crippen LogP) is 7.34. The van der Waals surface area contributed by atoms with Crippen LogP contribution in [0.1, 0.15) is 25.0 Å². The zero-order valence-electron chi connectivity index (χ0n) is 19.5. The summed E-state index contributed by atoms with van der Waals surface area (Å²) >= 11 is 0. The van der Waals surface area contributed by atoms with E-state index >= 15 is 4.39 Å². The van der Waals surface area contributed by atoms with Gasteiger partial charge in [0.15, 0.2) is 5.52 Å². The lowest BCUT2D eigenvalue weighted by Crippen LogP contribution is -2.34. The number of halogens is 5. The molecule has 0 amide bonds. The third-order valence-corrected chi connectivity index (χ3v) is 6.55. The van der Waals surface area contributed by atoms with Crippen LogP contribution >= 0.6 is 0 Å². The van der Waals surface area contributed by atoms with Gasteiger partial charge in [-0.2, -0.15) is 13.2 Å². The normalized spacial score (nSPS) is 12.8. The molecule has 0 aliphatic heterocycles. The molecule has 0 saturated heterocycles. The van der Waals surface area contributed by atoms with Crippen LogP contribution in [0.4, 0.5) is 22.0 Å². The van der Waals surface area contributed by atoms with Gasteiger partial charge in [-0.3, -0.25) is 0 Å². The fourth-order valence-electron chi connectivity index (χ4n) is 4.60. The number of benzene rings is 3. The van der Waals surface area contributed by atoms with Gasteiger partial charge in [0.1, 0.15) is 28.5 Å². The monoisotopic (exact) mass is 485 g/mol. The van der Waals surface area contributed by atoms with Gasteiger partial charge in [-0.15, -0.1) is 0 Å². The minimum Gasteiger partial charge on any atom is -0.455 e. The van der Waals surface area contributed by atoms with Crippen molar-refractivity contribution >= 4 is 32.8 Å². The van der Waals surface area contributed by atoms with E-state index in [4.69, 9.17) is 4.42 Å². The van der Waals surface area contributed by atoms with E-state index in [1.165, 1.54) is 38.1 Å². The lowest BCUT2D eigenvalue weighted by atomic mass is 9.84. The minimum atomic E-state index is -4.35. The maximum absolute atomic E-state index is 15.1. The summed E-state index contributed by atoms with van der Waals surface area (Å²) in [7, 11) is 1.78. The number of furan rings is 1. The zero-order valence-corrected chi connectivity index (χ0v) is 19.5. The summed E-state index contributed by atoms with van der Waals surface area (Å²) in [4.78, 5) is 4.43. The van der Waals surface area contributed by atoms with Gasteiger partial charge in [0.05, 0.1) is 28.8 Å². The SMILES string of the molecule is Cc1cc(F)c2c(oc3cc(F)ccc32)c1-c1c2ccc(CC(C)(C)C(F)(F)F)cc2nc[n+]1C. The van der Waals surface area contributed by atoms with Crippen molar-refractivity contribution in [1.29, 1.82) is 0 Å². The number of rotatable bonds is 3. The average Bonchev–Trinajstić information content (AvgIpc) is 3.12. The van der Waals surface area contributed by atoms with Gasteiger partial charge in [0.2, 0.25) is 0 Å². The molecule has 0 fully saturated rings. The Bertz CT molecular complexity index is 1630. The molecule has 0 aliphatic rings. The first kappa shape index (κ1) is 23.2. The number of nitrogens with zero attached hydrogens (tertiary/aromatic N) is 2. The quantitative estimate of drug-likeness (QED) is 0.198. The van der Waals surface area contributed by atoms with Crippen LogP contribution in [0.2, 0.25) is 0 Å². The molecule has 5 rings (SSSR count). The third-order valence-electron chi connectivity index (χ3n) is 6.55. The van der Waals surface area contributed by atoms with Crippen molar-refractivity contribution < 1.29 is 30.9 Å². The van der Waals surface area contributed by atoms with Crippen LogP contribution in [0, 0.1) is 24.0 Å². The highest BCUT2D eigenvalue weighted by atomic mass is 19.4. The summed E-state index contributed by atoms with van der Waals surface area (Å²) < 4.78 is 76.9. The van der Waals surface area contributed by atoms with Crippen molar-refractivity contribution in [2.24, 2.45) is 12.5 Å². The Morgan fingerprint density at radius 3 is 2.40 bits per heavy atom. The maximum atomic E-state index is 15.1. The largest absolute Gasteiger partial charge is 0.455 e. The Morgan fingerprint density at radius 1 is 0.971 bits per heavy atom. The molecule has 0 spiro atoms. The van der Waals surface area contributed by atoms with Crippen LogP contribution in [0.15, 0.2) is 53.2 Å². The fraction of sp³-hybridized carbons (Fsp3) is 0.259. The van der Waals surface area contributed by atoms with E-state index in [0.717, 1.165) is 0 Å². The molecule has 180 valence electrons. The van der Waals surface area contributed by atoms with E-state index in [-0.39, 0.29) is 23.0 Å². The molecule has 0 radical (unpaired) electrons. The number of aryl methyl sites for hydroxylation is 2. The Balaban J connectivity index is 1.76. The molecule has 2 aromatic heterocycles. The van der Waals surface area contributed by atoms with Gasteiger partial charge in [0.25, 0.3) is 6.33 Å². The molecule has 35 heavy (non-hydrogen) atoms. The summed E-state index contributed by atoms with van der Waals surface area (Å²) in [6.45, 7) is 4.09. The molecular weight excluding hydrogens is 463 g/mol. The van der Waals surface area contributed by atoms with E-state index < -0.39 is 23.2 Å². The van der Waals surface area contributed by atoms with Gasteiger partial charge in [-0.05, 0) is 59.8 Å². The van der Waals surface area contributed by atoms with Gasteiger partial charge < -0.3 is 4.42 Å². The fourth-order valence-corrected chi connectivity index (χ4v) is 4.60. The van der Waals surface area contributed by atoms with Crippen LogP contribution in [-0.2, 0) is 13.5 Å². The molecule has 2 heterocycles. The second-order valence-corrected chi connectivity index (χ2v) is 9.61. The van der Waals surface area contributed by atoms with E-state index in [1.54, 1.807) is 43.1 Å². The highest BCUT2D eigenvalue weighted by Crippen LogP contribution is 2.42. The second kappa shape index (κ2) is 7.73. The number of aromatic nitrogens is 2. The molecular formula is C27H22F5N2O+. The van der Waals surface area contributed by atoms with E-state index in [1.807, 2.05) is 0 Å². The summed E-state index contributed by atoms with van der Waals surface area (Å²) in [5.41, 5.74) is 1.48. The van der Waals surface area contributed by atoms with Gasteiger partial charge in [-0.25, -0.2) is 13.3 Å². The first-order valence-electron chi connectivity index (χ1n) is 11.0. The van der Waals surface area contributed by atoms with Crippen LogP contribution in [-0.4, -0.2) is 11.2 Å². The molecule has 0 bridgehead atoms. The van der Waals surface area contributed by atoms with Crippen molar-refractivity contribution in [1.82, 2.24) is 4.98 Å². The van der Waals surface area contributed by atoms with Gasteiger partial charge >= 0.3 is 6.18 Å². The standard InChI is InChI=1S/C27H22F5N2O/c1-14-9-19(29)23-18-8-6-16(28)11-21(18)35-25(23)22(14)24-17-7-5-15(10-20(17)33-13-34(24)4)12-26(2,3)27(30,31)32/h5-11,13H,12H2,1-4H3/q+1. The molecule has 8 heteroatoms. The average molecular weight is 485 g/mol. The topological polar surface area (TPSA) is 29.9 Å². The van der Waals surface area contributed by atoms with Crippen molar-refractivity contribution in [2.75, 3.05) is 0 Å².